The highest BCUT2D eigenvalue weighted by atomic mass is 35.5. The highest BCUT2D eigenvalue weighted by Crippen LogP contribution is 2.19. The molecule has 2 unspecified atom stereocenters. The van der Waals surface area contributed by atoms with Crippen molar-refractivity contribution in [3.05, 3.63) is 34.6 Å². The van der Waals surface area contributed by atoms with E-state index in [4.69, 9.17) is 17.3 Å². The Morgan fingerprint density at radius 3 is 2.60 bits per heavy atom. The Labute approximate surface area is 95.4 Å². The third-order valence-corrected chi connectivity index (χ3v) is 2.65. The summed E-state index contributed by atoms with van der Waals surface area (Å²) in [5.41, 5.74) is 6.68. The molecule has 2 N–H and O–H groups in total. The summed E-state index contributed by atoms with van der Waals surface area (Å²) in [6.07, 6.45) is 1.79. The molecule has 0 spiro atoms. The Bertz CT molecular complexity index is 325. The van der Waals surface area contributed by atoms with Gasteiger partial charge in [-0.05, 0) is 43.4 Å². The molecule has 1 aromatic carbocycles. The molecule has 0 aliphatic rings. The van der Waals surface area contributed by atoms with Crippen molar-refractivity contribution in [2.75, 3.05) is 0 Å². The number of hydrogen-bond acceptors (Lipinski definition) is 1. The first-order valence-corrected chi connectivity index (χ1v) is 5.56. The van der Waals surface area contributed by atoms with Crippen LogP contribution in [0.15, 0.2) is 18.2 Å². The summed E-state index contributed by atoms with van der Waals surface area (Å²) in [4.78, 5) is 0. The standard InChI is InChI=1S/C12H17ClFN/c1-8(5-9(2)15)6-10-3-4-11(13)12(14)7-10/h3-4,7-9H,5-6,15H2,1-2H3. The van der Waals surface area contributed by atoms with Crippen LogP contribution in [0.2, 0.25) is 5.02 Å². The molecule has 84 valence electrons. The molecule has 1 aromatic rings. The van der Waals surface area contributed by atoms with Gasteiger partial charge >= 0.3 is 0 Å². The van der Waals surface area contributed by atoms with E-state index in [9.17, 15) is 4.39 Å². The van der Waals surface area contributed by atoms with E-state index < -0.39 is 0 Å². The predicted octanol–water partition coefficient (Wildman–Crippen LogP) is 3.40. The Morgan fingerprint density at radius 2 is 2.07 bits per heavy atom. The van der Waals surface area contributed by atoms with E-state index in [1.165, 1.54) is 6.07 Å². The van der Waals surface area contributed by atoms with Crippen LogP contribution in [0.1, 0.15) is 25.8 Å². The van der Waals surface area contributed by atoms with Crippen LogP contribution < -0.4 is 5.73 Å². The molecule has 1 nitrogen and oxygen atoms in total. The number of halogens is 2. The van der Waals surface area contributed by atoms with Crippen molar-refractivity contribution in [1.82, 2.24) is 0 Å². The number of rotatable bonds is 4. The van der Waals surface area contributed by atoms with Gasteiger partial charge in [0.05, 0.1) is 5.02 Å². The molecule has 2 atom stereocenters. The minimum Gasteiger partial charge on any atom is -0.328 e. The highest BCUT2D eigenvalue weighted by Gasteiger charge is 2.08. The molecule has 3 heteroatoms. The lowest BCUT2D eigenvalue weighted by molar-refractivity contribution is 0.478. The quantitative estimate of drug-likeness (QED) is 0.842. The molecule has 0 radical (unpaired) electrons. The second-order valence-electron chi connectivity index (χ2n) is 4.27. The van der Waals surface area contributed by atoms with Gasteiger partial charge in [-0.15, -0.1) is 0 Å². The minimum atomic E-state index is -0.345. The summed E-state index contributed by atoms with van der Waals surface area (Å²) in [7, 11) is 0. The largest absolute Gasteiger partial charge is 0.328 e. The Balaban J connectivity index is 2.60. The van der Waals surface area contributed by atoms with Gasteiger partial charge in [0, 0.05) is 6.04 Å². The molecule has 0 saturated heterocycles. The van der Waals surface area contributed by atoms with Crippen LogP contribution in [-0.2, 0) is 6.42 Å². The molecule has 0 aromatic heterocycles. The van der Waals surface area contributed by atoms with Gasteiger partial charge in [0.1, 0.15) is 5.82 Å². The number of hydrogen-bond donors (Lipinski definition) is 1. The first-order chi connectivity index (χ1) is 6.99. The summed E-state index contributed by atoms with van der Waals surface area (Å²) in [5, 5.41) is 0.179. The monoisotopic (exact) mass is 229 g/mol. The molecule has 1 rings (SSSR count). The van der Waals surface area contributed by atoms with Crippen LogP contribution >= 0.6 is 11.6 Å². The van der Waals surface area contributed by atoms with Crippen LogP contribution in [-0.4, -0.2) is 6.04 Å². The van der Waals surface area contributed by atoms with Crippen molar-refractivity contribution in [2.45, 2.75) is 32.7 Å². The van der Waals surface area contributed by atoms with Crippen molar-refractivity contribution >= 4 is 11.6 Å². The van der Waals surface area contributed by atoms with E-state index in [1.807, 2.05) is 13.0 Å². The zero-order chi connectivity index (χ0) is 11.4. The Morgan fingerprint density at radius 1 is 1.40 bits per heavy atom. The normalized spacial score (nSPS) is 15.0. The van der Waals surface area contributed by atoms with Crippen LogP contribution in [0.4, 0.5) is 4.39 Å². The molecule has 0 saturated carbocycles. The van der Waals surface area contributed by atoms with E-state index in [0.717, 1.165) is 18.4 Å². The van der Waals surface area contributed by atoms with Gasteiger partial charge in [-0.3, -0.25) is 0 Å². The molecule has 15 heavy (non-hydrogen) atoms. The smallest absolute Gasteiger partial charge is 0.142 e. The second kappa shape index (κ2) is 5.47. The molecule has 0 heterocycles. The SMILES string of the molecule is CC(N)CC(C)Cc1ccc(Cl)c(F)c1. The topological polar surface area (TPSA) is 26.0 Å². The minimum absolute atomic E-state index is 0.179. The molecular weight excluding hydrogens is 213 g/mol. The van der Waals surface area contributed by atoms with E-state index in [2.05, 4.69) is 6.92 Å². The van der Waals surface area contributed by atoms with Crippen molar-refractivity contribution in [3.63, 3.8) is 0 Å². The summed E-state index contributed by atoms with van der Waals surface area (Å²) in [5.74, 6) is 0.118. The van der Waals surface area contributed by atoms with Crippen molar-refractivity contribution in [1.29, 1.82) is 0 Å². The maximum Gasteiger partial charge on any atom is 0.142 e. The fourth-order valence-corrected chi connectivity index (χ4v) is 1.90. The first kappa shape index (κ1) is 12.5. The third kappa shape index (κ3) is 4.18. The van der Waals surface area contributed by atoms with Gasteiger partial charge in [-0.2, -0.15) is 0 Å². The zero-order valence-electron chi connectivity index (χ0n) is 9.13. The van der Waals surface area contributed by atoms with Gasteiger partial charge in [0.25, 0.3) is 0 Å². The molecule has 0 fully saturated rings. The average molecular weight is 230 g/mol. The lowest BCUT2D eigenvalue weighted by Crippen LogP contribution is -2.19. The van der Waals surface area contributed by atoms with Gasteiger partial charge in [0.15, 0.2) is 0 Å². The maximum absolute atomic E-state index is 13.1. The maximum atomic E-state index is 13.1. The van der Waals surface area contributed by atoms with Gasteiger partial charge in [-0.25, -0.2) is 4.39 Å². The lowest BCUT2D eigenvalue weighted by atomic mass is 9.95. The van der Waals surface area contributed by atoms with Crippen LogP contribution in [0.5, 0.6) is 0 Å². The highest BCUT2D eigenvalue weighted by molar-refractivity contribution is 6.30. The Hall–Kier alpha value is -0.600. The number of benzene rings is 1. The van der Waals surface area contributed by atoms with Gasteiger partial charge < -0.3 is 5.73 Å². The summed E-state index contributed by atoms with van der Waals surface area (Å²) < 4.78 is 13.1. The van der Waals surface area contributed by atoms with Crippen LogP contribution in [0, 0.1) is 11.7 Å². The molecule has 0 amide bonds. The number of nitrogens with two attached hydrogens (primary N) is 1. The second-order valence-corrected chi connectivity index (χ2v) is 4.68. The van der Waals surface area contributed by atoms with Gasteiger partial charge in [0.2, 0.25) is 0 Å². The fourth-order valence-electron chi connectivity index (χ4n) is 1.79. The predicted molar refractivity (Wildman–Crippen MR) is 62.5 cm³/mol. The molecule has 0 aliphatic carbocycles. The molecule has 0 aliphatic heterocycles. The fraction of sp³-hybridized carbons (Fsp3) is 0.500. The van der Waals surface area contributed by atoms with E-state index in [0.29, 0.717) is 5.92 Å². The lowest BCUT2D eigenvalue weighted by Gasteiger charge is -2.13. The van der Waals surface area contributed by atoms with Crippen LogP contribution in [0.25, 0.3) is 0 Å². The first-order valence-electron chi connectivity index (χ1n) is 5.18. The summed E-state index contributed by atoms with van der Waals surface area (Å²) in [6, 6.07) is 5.16. The van der Waals surface area contributed by atoms with E-state index in [-0.39, 0.29) is 16.9 Å². The Kier molecular flexibility index (Phi) is 4.55. The van der Waals surface area contributed by atoms with E-state index in [1.54, 1.807) is 6.07 Å². The van der Waals surface area contributed by atoms with E-state index >= 15 is 0 Å². The van der Waals surface area contributed by atoms with Crippen molar-refractivity contribution in [3.8, 4) is 0 Å². The average Bonchev–Trinajstić information content (AvgIpc) is 2.10. The molecule has 0 bridgehead atoms. The third-order valence-electron chi connectivity index (χ3n) is 2.34. The van der Waals surface area contributed by atoms with Crippen molar-refractivity contribution < 1.29 is 4.39 Å². The van der Waals surface area contributed by atoms with Gasteiger partial charge in [-0.1, -0.05) is 24.6 Å². The van der Waals surface area contributed by atoms with Crippen molar-refractivity contribution in [2.24, 2.45) is 11.7 Å². The summed E-state index contributed by atoms with van der Waals surface area (Å²) in [6.45, 7) is 4.11. The zero-order valence-corrected chi connectivity index (χ0v) is 9.89. The molecular formula is C12H17ClFN. The summed E-state index contributed by atoms with van der Waals surface area (Å²) >= 11 is 5.61. The van der Waals surface area contributed by atoms with Crippen LogP contribution in [0.3, 0.4) is 0 Å².